The summed E-state index contributed by atoms with van der Waals surface area (Å²) in [6.07, 6.45) is 0. The zero-order valence-electron chi connectivity index (χ0n) is 12.2. The number of para-hydroxylation sites is 1. The first-order valence-corrected chi connectivity index (χ1v) is 6.40. The van der Waals surface area contributed by atoms with E-state index in [4.69, 9.17) is 15.2 Å². The molecular weight excluding hydrogens is 286 g/mol. The number of anilines is 1. The smallest absolute Gasteiger partial charge is 0.341 e. The SMILES string of the molecule is COC(=O)c1ccc(Oc2ccccc2C(=O)OC)c(N)c1. The molecule has 0 aliphatic rings. The molecule has 0 atom stereocenters. The van der Waals surface area contributed by atoms with Gasteiger partial charge in [0.25, 0.3) is 0 Å². The molecule has 0 saturated carbocycles. The second-order valence-electron chi connectivity index (χ2n) is 4.33. The number of ether oxygens (including phenoxy) is 3. The predicted octanol–water partition coefficient (Wildman–Crippen LogP) is 2.63. The average molecular weight is 301 g/mol. The van der Waals surface area contributed by atoms with Gasteiger partial charge in [-0.1, -0.05) is 12.1 Å². The highest BCUT2D eigenvalue weighted by Gasteiger charge is 2.15. The number of nitrogens with two attached hydrogens (primary N) is 1. The summed E-state index contributed by atoms with van der Waals surface area (Å²) in [5, 5.41) is 0. The van der Waals surface area contributed by atoms with Crippen LogP contribution in [0.4, 0.5) is 5.69 Å². The molecule has 0 fully saturated rings. The highest BCUT2D eigenvalue weighted by Crippen LogP contribution is 2.30. The van der Waals surface area contributed by atoms with E-state index in [9.17, 15) is 9.59 Å². The number of hydrogen-bond donors (Lipinski definition) is 1. The summed E-state index contributed by atoms with van der Waals surface area (Å²) in [6, 6.07) is 11.1. The van der Waals surface area contributed by atoms with Crippen LogP contribution in [0.2, 0.25) is 0 Å². The minimum atomic E-state index is -0.514. The molecule has 6 heteroatoms. The maximum atomic E-state index is 11.7. The highest BCUT2D eigenvalue weighted by molar-refractivity contribution is 5.93. The zero-order chi connectivity index (χ0) is 16.1. The monoisotopic (exact) mass is 301 g/mol. The van der Waals surface area contributed by atoms with E-state index in [1.165, 1.54) is 32.4 Å². The van der Waals surface area contributed by atoms with E-state index in [0.29, 0.717) is 17.1 Å². The molecule has 0 radical (unpaired) electrons. The van der Waals surface area contributed by atoms with Gasteiger partial charge in [0, 0.05) is 0 Å². The molecular formula is C16H15NO5. The van der Waals surface area contributed by atoms with E-state index in [1.807, 2.05) is 0 Å². The lowest BCUT2D eigenvalue weighted by molar-refractivity contribution is 0.0591. The van der Waals surface area contributed by atoms with Crippen molar-refractivity contribution in [3.8, 4) is 11.5 Å². The van der Waals surface area contributed by atoms with E-state index in [1.54, 1.807) is 24.3 Å². The van der Waals surface area contributed by atoms with E-state index in [0.717, 1.165) is 0 Å². The van der Waals surface area contributed by atoms with Crippen molar-refractivity contribution in [3.63, 3.8) is 0 Å². The van der Waals surface area contributed by atoms with Gasteiger partial charge in [0.2, 0.25) is 0 Å². The van der Waals surface area contributed by atoms with Gasteiger partial charge < -0.3 is 19.9 Å². The van der Waals surface area contributed by atoms with Crippen LogP contribution >= 0.6 is 0 Å². The largest absolute Gasteiger partial charge is 0.465 e. The van der Waals surface area contributed by atoms with Crippen LogP contribution in [0.1, 0.15) is 20.7 Å². The number of esters is 2. The molecule has 2 aromatic carbocycles. The maximum absolute atomic E-state index is 11.7. The fourth-order valence-corrected chi connectivity index (χ4v) is 1.84. The molecule has 22 heavy (non-hydrogen) atoms. The molecule has 0 amide bonds. The van der Waals surface area contributed by atoms with Crippen LogP contribution in [0.25, 0.3) is 0 Å². The molecule has 6 nitrogen and oxygen atoms in total. The molecule has 0 unspecified atom stereocenters. The first-order valence-electron chi connectivity index (χ1n) is 6.40. The third kappa shape index (κ3) is 3.17. The lowest BCUT2D eigenvalue weighted by Crippen LogP contribution is -2.05. The molecule has 0 bridgehead atoms. The number of rotatable bonds is 4. The van der Waals surface area contributed by atoms with Gasteiger partial charge in [0.15, 0.2) is 0 Å². The molecule has 2 rings (SSSR count). The van der Waals surface area contributed by atoms with Crippen molar-refractivity contribution < 1.29 is 23.8 Å². The van der Waals surface area contributed by atoms with Crippen LogP contribution in [0, 0.1) is 0 Å². The number of hydrogen-bond acceptors (Lipinski definition) is 6. The quantitative estimate of drug-likeness (QED) is 0.690. The van der Waals surface area contributed by atoms with Crippen molar-refractivity contribution in [1.82, 2.24) is 0 Å². The molecule has 0 aliphatic heterocycles. The number of benzene rings is 2. The summed E-state index contributed by atoms with van der Waals surface area (Å²) < 4.78 is 15.0. The van der Waals surface area contributed by atoms with Gasteiger partial charge >= 0.3 is 11.9 Å². The maximum Gasteiger partial charge on any atom is 0.341 e. The summed E-state index contributed by atoms with van der Waals surface area (Å²) >= 11 is 0. The predicted molar refractivity (Wildman–Crippen MR) is 80.0 cm³/mol. The molecule has 114 valence electrons. The van der Waals surface area contributed by atoms with Crippen molar-refractivity contribution in [3.05, 3.63) is 53.6 Å². The molecule has 0 spiro atoms. The van der Waals surface area contributed by atoms with Crippen molar-refractivity contribution in [2.24, 2.45) is 0 Å². The van der Waals surface area contributed by atoms with Gasteiger partial charge in [-0.3, -0.25) is 0 Å². The molecule has 2 aromatic rings. The molecule has 0 heterocycles. The molecule has 0 saturated heterocycles. The van der Waals surface area contributed by atoms with E-state index in [-0.39, 0.29) is 11.3 Å². The minimum Gasteiger partial charge on any atom is -0.465 e. The standard InChI is InChI=1S/C16H15NO5/c1-20-15(18)10-7-8-14(12(17)9-10)22-13-6-4-3-5-11(13)16(19)21-2/h3-9H,17H2,1-2H3. The van der Waals surface area contributed by atoms with E-state index >= 15 is 0 Å². The lowest BCUT2D eigenvalue weighted by atomic mass is 10.1. The van der Waals surface area contributed by atoms with Crippen molar-refractivity contribution in [2.45, 2.75) is 0 Å². The Morgan fingerprint density at radius 3 is 2.23 bits per heavy atom. The summed E-state index contributed by atoms with van der Waals surface area (Å²) in [5.41, 5.74) is 6.72. The number of carbonyl (C=O) groups excluding carboxylic acids is 2. The van der Waals surface area contributed by atoms with Crippen molar-refractivity contribution >= 4 is 17.6 Å². The zero-order valence-corrected chi connectivity index (χ0v) is 12.2. The summed E-state index contributed by atoms with van der Waals surface area (Å²) in [7, 11) is 2.58. The normalized spacial score (nSPS) is 9.91. The van der Waals surface area contributed by atoms with Gasteiger partial charge in [-0.15, -0.1) is 0 Å². The fraction of sp³-hybridized carbons (Fsp3) is 0.125. The highest BCUT2D eigenvalue weighted by atomic mass is 16.5. The second kappa shape index (κ2) is 6.62. The van der Waals surface area contributed by atoms with E-state index < -0.39 is 11.9 Å². The molecule has 0 aromatic heterocycles. The van der Waals surface area contributed by atoms with E-state index in [2.05, 4.69) is 4.74 Å². The summed E-state index contributed by atoms with van der Waals surface area (Å²) in [4.78, 5) is 23.1. The Morgan fingerprint density at radius 1 is 0.909 bits per heavy atom. The van der Waals surface area contributed by atoms with Gasteiger partial charge in [-0.05, 0) is 30.3 Å². The number of methoxy groups -OCH3 is 2. The Balaban J connectivity index is 2.32. The van der Waals surface area contributed by atoms with Gasteiger partial charge in [-0.2, -0.15) is 0 Å². The van der Waals surface area contributed by atoms with Gasteiger partial charge in [-0.25, -0.2) is 9.59 Å². The number of nitrogen functional groups attached to an aromatic ring is 1. The third-order valence-electron chi connectivity index (χ3n) is 2.94. The Labute approximate surface area is 127 Å². The first kappa shape index (κ1) is 15.4. The van der Waals surface area contributed by atoms with Crippen LogP contribution in [0.15, 0.2) is 42.5 Å². The topological polar surface area (TPSA) is 87.8 Å². The Morgan fingerprint density at radius 2 is 1.59 bits per heavy atom. The van der Waals surface area contributed by atoms with Crippen LogP contribution in [-0.4, -0.2) is 26.2 Å². The third-order valence-corrected chi connectivity index (χ3v) is 2.94. The molecule has 2 N–H and O–H groups in total. The first-order chi connectivity index (χ1) is 10.6. The Hall–Kier alpha value is -3.02. The van der Waals surface area contributed by atoms with Crippen molar-refractivity contribution in [1.29, 1.82) is 0 Å². The lowest BCUT2D eigenvalue weighted by Gasteiger charge is -2.12. The minimum absolute atomic E-state index is 0.252. The van der Waals surface area contributed by atoms with Crippen molar-refractivity contribution in [2.75, 3.05) is 20.0 Å². The average Bonchev–Trinajstić information content (AvgIpc) is 2.55. The molecule has 0 aliphatic carbocycles. The summed E-state index contributed by atoms with van der Waals surface area (Å²) in [5.74, 6) is -0.371. The van der Waals surface area contributed by atoms with Crippen LogP contribution in [-0.2, 0) is 9.47 Å². The Kier molecular flexibility index (Phi) is 4.63. The van der Waals surface area contributed by atoms with Gasteiger partial charge in [0.1, 0.15) is 17.1 Å². The van der Waals surface area contributed by atoms with Gasteiger partial charge in [0.05, 0.1) is 25.5 Å². The van der Waals surface area contributed by atoms with Crippen LogP contribution in [0.3, 0.4) is 0 Å². The van der Waals surface area contributed by atoms with Crippen LogP contribution < -0.4 is 10.5 Å². The fourth-order valence-electron chi connectivity index (χ4n) is 1.84. The summed E-state index contributed by atoms with van der Waals surface area (Å²) in [6.45, 7) is 0. The Bertz CT molecular complexity index is 711. The second-order valence-corrected chi connectivity index (χ2v) is 4.33. The van der Waals surface area contributed by atoms with Crippen LogP contribution in [0.5, 0.6) is 11.5 Å². The number of carbonyl (C=O) groups is 2.